The molecule has 1 atom stereocenters. The maximum atomic E-state index is 10.0. The molecule has 0 bridgehead atoms. The molecule has 0 spiro atoms. The zero-order valence-electron chi connectivity index (χ0n) is 13.8. The molecular formula is C19H24BrNO2. The first-order valence-electron chi connectivity index (χ1n) is 7.75. The van der Waals surface area contributed by atoms with E-state index in [1.54, 1.807) is 0 Å². The fraction of sp³-hybridized carbons (Fsp3) is 0.368. The van der Waals surface area contributed by atoms with E-state index in [1.807, 2.05) is 36.4 Å². The monoisotopic (exact) mass is 377 g/mol. The van der Waals surface area contributed by atoms with Gasteiger partial charge < -0.3 is 15.2 Å². The van der Waals surface area contributed by atoms with Crippen LogP contribution >= 0.6 is 15.9 Å². The summed E-state index contributed by atoms with van der Waals surface area (Å²) in [7, 11) is 0. The molecule has 0 saturated carbocycles. The van der Waals surface area contributed by atoms with Crippen LogP contribution in [0.1, 0.15) is 26.3 Å². The fourth-order valence-corrected chi connectivity index (χ4v) is 2.37. The summed E-state index contributed by atoms with van der Waals surface area (Å²) >= 11 is 3.40. The lowest BCUT2D eigenvalue weighted by molar-refractivity contribution is 0.117. The molecule has 0 aliphatic rings. The number of nitrogens with one attached hydrogen (secondary N) is 1. The minimum Gasteiger partial charge on any atom is -0.491 e. The third-order valence-electron chi connectivity index (χ3n) is 3.55. The number of hydrogen-bond acceptors (Lipinski definition) is 3. The molecule has 2 aromatic rings. The Morgan fingerprint density at radius 1 is 1.04 bits per heavy atom. The van der Waals surface area contributed by atoms with Gasteiger partial charge in [0.1, 0.15) is 18.5 Å². The van der Waals surface area contributed by atoms with Gasteiger partial charge in [-0.1, -0.05) is 48.8 Å². The molecular weight excluding hydrogens is 354 g/mol. The predicted molar refractivity (Wildman–Crippen MR) is 99.3 cm³/mol. The standard InChI is InChI=1S/C19H24BrNO2/c1-19(2,3)14-4-10-18(11-5-14)23-13-17(22)12-21-16-8-6-15(20)7-9-16/h4-11,17,21-22H,12-13H2,1-3H3/t17-/m1/s1. The highest BCUT2D eigenvalue weighted by Gasteiger charge is 2.13. The SMILES string of the molecule is CC(C)(C)c1ccc(OC[C@H](O)CNc2ccc(Br)cc2)cc1. The van der Waals surface area contributed by atoms with E-state index in [2.05, 4.69) is 54.2 Å². The van der Waals surface area contributed by atoms with E-state index in [-0.39, 0.29) is 12.0 Å². The molecule has 0 aliphatic carbocycles. The molecule has 2 rings (SSSR count). The summed E-state index contributed by atoms with van der Waals surface area (Å²) in [6.07, 6.45) is -0.569. The van der Waals surface area contributed by atoms with Crippen LogP contribution in [0.2, 0.25) is 0 Å². The van der Waals surface area contributed by atoms with Crippen LogP contribution < -0.4 is 10.1 Å². The van der Waals surface area contributed by atoms with Gasteiger partial charge >= 0.3 is 0 Å². The van der Waals surface area contributed by atoms with E-state index in [0.717, 1.165) is 15.9 Å². The molecule has 0 unspecified atom stereocenters. The minimum atomic E-state index is -0.569. The molecule has 0 heterocycles. The van der Waals surface area contributed by atoms with E-state index in [4.69, 9.17) is 4.74 Å². The number of benzene rings is 2. The fourth-order valence-electron chi connectivity index (χ4n) is 2.11. The minimum absolute atomic E-state index is 0.132. The van der Waals surface area contributed by atoms with Crippen molar-refractivity contribution >= 4 is 21.6 Å². The van der Waals surface area contributed by atoms with Crippen LogP contribution in [0.5, 0.6) is 5.75 Å². The summed E-state index contributed by atoms with van der Waals surface area (Å²) in [4.78, 5) is 0. The Morgan fingerprint density at radius 2 is 1.65 bits per heavy atom. The summed E-state index contributed by atoms with van der Waals surface area (Å²) in [5, 5.41) is 13.2. The molecule has 0 amide bonds. The van der Waals surface area contributed by atoms with Gasteiger partial charge in [0.05, 0.1) is 0 Å². The second kappa shape index (κ2) is 7.84. The lowest BCUT2D eigenvalue weighted by atomic mass is 9.87. The Bertz CT molecular complexity index is 603. The molecule has 23 heavy (non-hydrogen) atoms. The van der Waals surface area contributed by atoms with Crippen molar-refractivity contribution in [2.24, 2.45) is 0 Å². The number of rotatable bonds is 6. The molecule has 124 valence electrons. The van der Waals surface area contributed by atoms with Gasteiger partial charge in [0.2, 0.25) is 0 Å². The summed E-state index contributed by atoms with van der Waals surface area (Å²) < 4.78 is 6.68. The van der Waals surface area contributed by atoms with Crippen LogP contribution in [0.15, 0.2) is 53.0 Å². The highest BCUT2D eigenvalue weighted by molar-refractivity contribution is 9.10. The lowest BCUT2D eigenvalue weighted by Crippen LogP contribution is -2.26. The van der Waals surface area contributed by atoms with Gasteiger partial charge in [-0.05, 0) is 47.4 Å². The molecule has 0 saturated heterocycles. The van der Waals surface area contributed by atoms with Crippen LogP contribution in [0.4, 0.5) is 5.69 Å². The Hall–Kier alpha value is -1.52. The van der Waals surface area contributed by atoms with Gasteiger partial charge in [0, 0.05) is 16.7 Å². The van der Waals surface area contributed by atoms with Gasteiger partial charge in [-0.25, -0.2) is 0 Å². The average Bonchev–Trinajstić information content (AvgIpc) is 2.52. The Morgan fingerprint density at radius 3 is 2.22 bits per heavy atom. The Balaban J connectivity index is 1.77. The van der Waals surface area contributed by atoms with Gasteiger partial charge in [-0.15, -0.1) is 0 Å². The van der Waals surface area contributed by atoms with Crippen molar-refractivity contribution in [3.05, 3.63) is 58.6 Å². The van der Waals surface area contributed by atoms with Crippen molar-refractivity contribution in [3.8, 4) is 5.75 Å². The lowest BCUT2D eigenvalue weighted by Gasteiger charge is -2.19. The van der Waals surface area contributed by atoms with Crippen LogP contribution in [-0.2, 0) is 5.41 Å². The van der Waals surface area contributed by atoms with Gasteiger partial charge in [-0.2, -0.15) is 0 Å². The first-order valence-corrected chi connectivity index (χ1v) is 8.55. The van der Waals surface area contributed by atoms with Crippen molar-refractivity contribution in [1.29, 1.82) is 0 Å². The average molecular weight is 378 g/mol. The summed E-state index contributed by atoms with van der Waals surface area (Å²) in [5.74, 6) is 0.778. The van der Waals surface area contributed by atoms with Crippen molar-refractivity contribution in [2.75, 3.05) is 18.5 Å². The van der Waals surface area contributed by atoms with E-state index >= 15 is 0 Å². The normalized spacial score (nSPS) is 12.7. The van der Waals surface area contributed by atoms with E-state index in [1.165, 1.54) is 5.56 Å². The van der Waals surface area contributed by atoms with Gasteiger partial charge in [0.15, 0.2) is 0 Å². The number of halogens is 1. The van der Waals surface area contributed by atoms with Crippen molar-refractivity contribution in [3.63, 3.8) is 0 Å². The zero-order valence-corrected chi connectivity index (χ0v) is 15.4. The molecule has 0 aliphatic heterocycles. The highest BCUT2D eigenvalue weighted by Crippen LogP contribution is 2.24. The van der Waals surface area contributed by atoms with Gasteiger partial charge in [0.25, 0.3) is 0 Å². The van der Waals surface area contributed by atoms with E-state index in [9.17, 15) is 5.11 Å². The van der Waals surface area contributed by atoms with Gasteiger partial charge in [-0.3, -0.25) is 0 Å². The highest BCUT2D eigenvalue weighted by atomic mass is 79.9. The first kappa shape index (κ1) is 17.8. The predicted octanol–water partition coefficient (Wildman–Crippen LogP) is 4.60. The number of anilines is 1. The Labute approximate surface area is 146 Å². The van der Waals surface area contributed by atoms with Crippen LogP contribution in [0.25, 0.3) is 0 Å². The summed E-state index contributed by atoms with van der Waals surface area (Å²) in [5.41, 5.74) is 2.37. The first-order chi connectivity index (χ1) is 10.8. The molecule has 4 heteroatoms. The van der Waals surface area contributed by atoms with Crippen molar-refractivity contribution in [1.82, 2.24) is 0 Å². The maximum Gasteiger partial charge on any atom is 0.119 e. The number of aliphatic hydroxyl groups excluding tert-OH is 1. The second-order valence-electron chi connectivity index (χ2n) is 6.63. The maximum absolute atomic E-state index is 10.0. The number of hydrogen-bond donors (Lipinski definition) is 2. The van der Waals surface area contributed by atoms with Crippen molar-refractivity contribution in [2.45, 2.75) is 32.3 Å². The Kier molecular flexibility index (Phi) is 6.08. The van der Waals surface area contributed by atoms with Crippen molar-refractivity contribution < 1.29 is 9.84 Å². The molecule has 2 aromatic carbocycles. The number of ether oxygens (including phenoxy) is 1. The molecule has 2 N–H and O–H groups in total. The molecule has 0 fully saturated rings. The third kappa shape index (κ3) is 5.88. The van der Waals surface area contributed by atoms with E-state index in [0.29, 0.717) is 6.54 Å². The van der Waals surface area contributed by atoms with E-state index < -0.39 is 6.10 Å². The molecule has 0 radical (unpaired) electrons. The summed E-state index contributed by atoms with van der Waals surface area (Å²) in [6, 6.07) is 15.9. The molecule has 0 aromatic heterocycles. The van der Waals surface area contributed by atoms with Crippen LogP contribution in [0.3, 0.4) is 0 Å². The largest absolute Gasteiger partial charge is 0.491 e. The topological polar surface area (TPSA) is 41.5 Å². The second-order valence-corrected chi connectivity index (χ2v) is 7.54. The van der Waals surface area contributed by atoms with Crippen LogP contribution in [0, 0.1) is 0 Å². The van der Waals surface area contributed by atoms with Crippen LogP contribution in [-0.4, -0.2) is 24.4 Å². The third-order valence-corrected chi connectivity index (χ3v) is 4.08. The molecule has 3 nitrogen and oxygen atoms in total. The zero-order chi connectivity index (χ0) is 16.9. The quantitative estimate of drug-likeness (QED) is 0.772. The smallest absolute Gasteiger partial charge is 0.119 e. The number of aliphatic hydroxyl groups is 1. The summed E-state index contributed by atoms with van der Waals surface area (Å²) in [6.45, 7) is 7.25.